The molecule has 1 aromatic rings. The molecule has 1 rings (SSSR count). The Kier molecular flexibility index (Phi) is 5.22. The summed E-state index contributed by atoms with van der Waals surface area (Å²) in [6.07, 6.45) is 8.53. The topological polar surface area (TPSA) is 29.9 Å². The van der Waals surface area contributed by atoms with Crippen LogP contribution in [0.1, 0.15) is 46.0 Å². The van der Waals surface area contributed by atoms with E-state index in [-0.39, 0.29) is 0 Å². The van der Waals surface area contributed by atoms with Gasteiger partial charge in [-0.15, -0.1) is 0 Å². The van der Waals surface area contributed by atoms with E-state index in [1.165, 1.54) is 32.1 Å². The van der Waals surface area contributed by atoms with Crippen molar-refractivity contribution in [1.82, 2.24) is 9.78 Å². The highest BCUT2D eigenvalue weighted by molar-refractivity contribution is 5.33. The first kappa shape index (κ1) is 12.1. The molecule has 0 amide bonds. The van der Waals surface area contributed by atoms with Crippen LogP contribution in [0.5, 0.6) is 0 Å². The molecule has 0 bridgehead atoms. The summed E-state index contributed by atoms with van der Waals surface area (Å²) in [5, 5.41) is 7.71. The smallest absolute Gasteiger partial charge is 0.148 e. The molecule has 1 aromatic heterocycles. The summed E-state index contributed by atoms with van der Waals surface area (Å²) in [5.41, 5.74) is 0. The maximum atomic E-state index is 4.30. The molecule has 0 saturated carbocycles. The van der Waals surface area contributed by atoms with Gasteiger partial charge in [-0.1, -0.05) is 32.6 Å². The van der Waals surface area contributed by atoms with Gasteiger partial charge >= 0.3 is 0 Å². The Morgan fingerprint density at radius 2 is 2.20 bits per heavy atom. The predicted molar refractivity (Wildman–Crippen MR) is 65.1 cm³/mol. The van der Waals surface area contributed by atoms with Gasteiger partial charge in [0.25, 0.3) is 0 Å². The fourth-order valence-electron chi connectivity index (χ4n) is 1.69. The molecule has 0 radical (unpaired) electrons. The lowest BCUT2D eigenvalue weighted by Crippen LogP contribution is -2.15. The van der Waals surface area contributed by atoms with Gasteiger partial charge in [-0.05, 0) is 13.3 Å². The first-order valence-corrected chi connectivity index (χ1v) is 5.98. The van der Waals surface area contributed by atoms with Crippen molar-refractivity contribution in [3.8, 4) is 0 Å². The second-order valence-corrected chi connectivity index (χ2v) is 4.27. The van der Waals surface area contributed by atoms with Gasteiger partial charge in [-0.3, -0.25) is 4.68 Å². The minimum absolute atomic E-state index is 0.525. The largest absolute Gasteiger partial charge is 0.366 e. The Labute approximate surface area is 92.9 Å². The van der Waals surface area contributed by atoms with Crippen LogP contribution in [-0.4, -0.2) is 15.8 Å². The summed E-state index contributed by atoms with van der Waals surface area (Å²) in [6, 6.07) is 2.54. The van der Waals surface area contributed by atoms with E-state index in [0.717, 1.165) is 5.82 Å². The van der Waals surface area contributed by atoms with Crippen LogP contribution in [0.25, 0.3) is 0 Å². The summed E-state index contributed by atoms with van der Waals surface area (Å²) in [7, 11) is 1.94. The van der Waals surface area contributed by atoms with Gasteiger partial charge in [0.2, 0.25) is 0 Å². The van der Waals surface area contributed by atoms with E-state index in [9.17, 15) is 0 Å². The highest BCUT2D eigenvalue weighted by Crippen LogP contribution is 2.10. The van der Waals surface area contributed by atoms with E-state index < -0.39 is 0 Å². The number of aryl methyl sites for hydroxylation is 1. The fourth-order valence-corrected chi connectivity index (χ4v) is 1.69. The van der Waals surface area contributed by atoms with Crippen LogP contribution in [0.4, 0.5) is 5.82 Å². The van der Waals surface area contributed by atoms with Crippen LogP contribution in [-0.2, 0) is 7.05 Å². The molecule has 0 saturated heterocycles. The lowest BCUT2D eigenvalue weighted by molar-refractivity contribution is 0.592. The molecule has 1 N–H and O–H groups in total. The molecule has 3 nitrogen and oxygen atoms in total. The molecular weight excluding hydrogens is 186 g/mol. The number of aromatic nitrogens is 2. The summed E-state index contributed by atoms with van der Waals surface area (Å²) in [4.78, 5) is 0. The standard InChI is InChI=1S/C12H23N3/c1-4-5-6-7-8-11(2)13-12-9-10-15(3)14-12/h9-11H,4-8H2,1-3H3,(H,13,14)/t11-/m1/s1. The van der Waals surface area contributed by atoms with E-state index in [4.69, 9.17) is 0 Å². The molecule has 0 aliphatic heterocycles. The molecule has 0 fully saturated rings. The van der Waals surface area contributed by atoms with Crippen LogP contribution in [0.3, 0.4) is 0 Å². The molecule has 0 unspecified atom stereocenters. The minimum Gasteiger partial charge on any atom is -0.366 e. The molecule has 0 spiro atoms. The third-order valence-electron chi connectivity index (χ3n) is 2.60. The van der Waals surface area contributed by atoms with E-state index in [0.29, 0.717) is 6.04 Å². The maximum Gasteiger partial charge on any atom is 0.148 e. The van der Waals surface area contributed by atoms with Crippen molar-refractivity contribution in [1.29, 1.82) is 0 Å². The van der Waals surface area contributed by atoms with Crippen molar-refractivity contribution in [2.24, 2.45) is 7.05 Å². The van der Waals surface area contributed by atoms with Gasteiger partial charge in [0.15, 0.2) is 0 Å². The van der Waals surface area contributed by atoms with Gasteiger partial charge in [0.1, 0.15) is 5.82 Å². The molecule has 0 aromatic carbocycles. The zero-order valence-electron chi connectivity index (χ0n) is 10.2. The third-order valence-corrected chi connectivity index (χ3v) is 2.60. The highest BCUT2D eigenvalue weighted by atomic mass is 15.3. The first-order chi connectivity index (χ1) is 7.22. The fraction of sp³-hybridized carbons (Fsp3) is 0.750. The van der Waals surface area contributed by atoms with Gasteiger partial charge in [0.05, 0.1) is 0 Å². The van der Waals surface area contributed by atoms with E-state index in [2.05, 4.69) is 24.3 Å². The molecule has 0 aliphatic rings. The summed E-state index contributed by atoms with van der Waals surface area (Å²) < 4.78 is 1.83. The van der Waals surface area contributed by atoms with Crippen LogP contribution >= 0.6 is 0 Å². The number of anilines is 1. The Balaban J connectivity index is 2.15. The van der Waals surface area contributed by atoms with Crippen molar-refractivity contribution >= 4 is 5.82 Å². The van der Waals surface area contributed by atoms with Crippen LogP contribution in [0, 0.1) is 0 Å². The normalized spacial score (nSPS) is 12.7. The first-order valence-electron chi connectivity index (χ1n) is 5.98. The average Bonchev–Trinajstić information content (AvgIpc) is 2.59. The predicted octanol–water partition coefficient (Wildman–Crippen LogP) is 3.19. The Hall–Kier alpha value is -0.990. The zero-order valence-corrected chi connectivity index (χ0v) is 10.2. The molecule has 1 heterocycles. The average molecular weight is 209 g/mol. The van der Waals surface area contributed by atoms with Crippen molar-refractivity contribution in [3.63, 3.8) is 0 Å². The maximum absolute atomic E-state index is 4.30. The van der Waals surface area contributed by atoms with Crippen LogP contribution in [0.2, 0.25) is 0 Å². The Bertz CT molecular complexity index is 268. The van der Waals surface area contributed by atoms with Crippen molar-refractivity contribution in [2.75, 3.05) is 5.32 Å². The third kappa shape index (κ3) is 4.86. The van der Waals surface area contributed by atoms with E-state index in [1.54, 1.807) is 0 Å². The second-order valence-electron chi connectivity index (χ2n) is 4.27. The summed E-state index contributed by atoms with van der Waals surface area (Å²) in [6.45, 7) is 4.47. The van der Waals surface area contributed by atoms with Gasteiger partial charge in [-0.25, -0.2) is 0 Å². The SMILES string of the molecule is CCCCCC[C@@H](C)Nc1ccn(C)n1. The number of unbranched alkanes of at least 4 members (excludes halogenated alkanes) is 3. The second kappa shape index (κ2) is 6.49. The van der Waals surface area contributed by atoms with Gasteiger partial charge < -0.3 is 5.32 Å². The van der Waals surface area contributed by atoms with Gasteiger partial charge in [0, 0.05) is 25.4 Å². The number of rotatable bonds is 7. The molecule has 1 atom stereocenters. The Morgan fingerprint density at radius 3 is 2.80 bits per heavy atom. The quantitative estimate of drug-likeness (QED) is 0.699. The van der Waals surface area contributed by atoms with Crippen LogP contribution < -0.4 is 5.32 Å². The highest BCUT2D eigenvalue weighted by Gasteiger charge is 2.03. The lowest BCUT2D eigenvalue weighted by atomic mass is 10.1. The Morgan fingerprint density at radius 1 is 1.40 bits per heavy atom. The van der Waals surface area contributed by atoms with Crippen LogP contribution in [0.15, 0.2) is 12.3 Å². The molecule has 86 valence electrons. The van der Waals surface area contributed by atoms with E-state index in [1.807, 2.05) is 24.0 Å². The monoisotopic (exact) mass is 209 g/mol. The number of hydrogen-bond acceptors (Lipinski definition) is 2. The molecule has 0 aliphatic carbocycles. The zero-order chi connectivity index (χ0) is 11.1. The summed E-state index contributed by atoms with van der Waals surface area (Å²) in [5.74, 6) is 0.987. The van der Waals surface area contributed by atoms with Crippen molar-refractivity contribution in [2.45, 2.75) is 52.0 Å². The van der Waals surface area contributed by atoms with Crippen molar-refractivity contribution < 1.29 is 0 Å². The number of nitrogens with zero attached hydrogens (tertiary/aromatic N) is 2. The molecule has 15 heavy (non-hydrogen) atoms. The minimum atomic E-state index is 0.525. The summed E-state index contributed by atoms with van der Waals surface area (Å²) >= 11 is 0. The molecular formula is C12H23N3. The van der Waals surface area contributed by atoms with Gasteiger partial charge in [-0.2, -0.15) is 5.10 Å². The lowest BCUT2D eigenvalue weighted by Gasteiger charge is -2.12. The van der Waals surface area contributed by atoms with E-state index >= 15 is 0 Å². The molecule has 3 heteroatoms. The van der Waals surface area contributed by atoms with Crippen molar-refractivity contribution in [3.05, 3.63) is 12.3 Å². The number of hydrogen-bond donors (Lipinski definition) is 1. The number of nitrogens with one attached hydrogen (secondary N) is 1.